The van der Waals surface area contributed by atoms with Crippen LogP contribution in [0.3, 0.4) is 0 Å². The molecule has 2 N–H and O–H groups in total. The van der Waals surface area contributed by atoms with E-state index in [2.05, 4.69) is 15.6 Å². The van der Waals surface area contributed by atoms with Crippen molar-refractivity contribution in [1.82, 2.24) is 4.98 Å². The van der Waals surface area contributed by atoms with Crippen LogP contribution in [0.5, 0.6) is 0 Å². The van der Waals surface area contributed by atoms with Crippen molar-refractivity contribution >= 4 is 57.9 Å². The Kier molecular flexibility index (Phi) is 7.24. The van der Waals surface area contributed by atoms with Crippen LogP contribution in [0, 0.1) is 12.7 Å². The minimum atomic E-state index is -0.359. The number of carbonyl (C=O) groups excluding carboxylic acids is 2. The van der Waals surface area contributed by atoms with Crippen LogP contribution in [-0.4, -0.2) is 22.6 Å². The van der Waals surface area contributed by atoms with E-state index in [1.807, 2.05) is 13.0 Å². The van der Waals surface area contributed by atoms with E-state index < -0.39 is 0 Å². The summed E-state index contributed by atoms with van der Waals surface area (Å²) in [6.07, 6.45) is 0.129. The van der Waals surface area contributed by atoms with E-state index in [0.29, 0.717) is 26.4 Å². The molecule has 0 fully saturated rings. The van der Waals surface area contributed by atoms with Crippen molar-refractivity contribution in [3.05, 3.63) is 69.9 Å². The second-order valence-electron chi connectivity index (χ2n) is 6.14. The first-order valence-electron chi connectivity index (χ1n) is 8.57. The molecule has 3 rings (SSSR count). The zero-order chi connectivity index (χ0) is 20.8. The number of anilines is 2. The van der Waals surface area contributed by atoms with E-state index in [4.69, 9.17) is 11.6 Å². The molecule has 0 saturated carbocycles. The number of halogens is 2. The van der Waals surface area contributed by atoms with Gasteiger partial charge in [0.1, 0.15) is 5.82 Å². The number of thioether (sulfide) groups is 1. The summed E-state index contributed by atoms with van der Waals surface area (Å²) in [5, 5.41) is 7.87. The Morgan fingerprint density at radius 3 is 2.52 bits per heavy atom. The maximum absolute atomic E-state index is 12.9. The molecule has 5 nitrogen and oxygen atoms in total. The van der Waals surface area contributed by atoms with E-state index in [0.717, 1.165) is 5.56 Å². The van der Waals surface area contributed by atoms with Gasteiger partial charge in [-0.1, -0.05) is 29.4 Å². The second-order valence-corrected chi connectivity index (χ2v) is 8.63. The van der Waals surface area contributed by atoms with E-state index in [9.17, 15) is 14.0 Å². The topological polar surface area (TPSA) is 71.1 Å². The predicted octanol–water partition coefficient (Wildman–Crippen LogP) is 5.16. The van der Waals surface area contributed by atoms with Crippen LogP contribution in [0.4, 0.5) is 15.8 Å². The van der Waals surface area contributed by atoms with Gasteiger partial charge in [-0.15, -0.1) is 11.3 Å². The Balaban J connectivity index is 1.47. The molecule has 0 bridgehead atoms. The van der Waals surface area contributed by atoms with Crippen molar-refractivity contribution in [2.75, 3.05) is 16.4 Å². The van der Waals surface area contributed by atoms with Crippen molar-refractivity contribution in [2.45, 2.75) is 17.7 Å². The molecule has 1 aromatic heterocycles. The molecule has 2 amide bonds. The normalized spacial score (nSPS) is 10.6. The molecule has 0 atom stereocenters. The minimum Gasteiger partial charge on any atom is -0.326 e. The third kappa shape index (κ3) is 6.56. The number of hydrogen-bond acceptors (Lipinski definition) is 5. The number of carbonyl (C=O) groups is 2. The third-order valence-corrected chi connectivity index (χ3v) is 6.26. The molecule has 1 heterocycles. The number of aryl methyl sites for hydroxylation is 1. The van der Waals surface area contributed by atoms with Crippen LogP contribution in [0.1, 0.15) is 11.3 Å². The van der Waals surface area contributed by atoms with E-state index in [1.54, 1.807) is 17.5 Å². The molecule has 29 heavy (non-hydrogen) atoms. The maximum Gasteiger partial charge on any atom is 0.234 e. The Bertz CT molecular complexity index is 1020. The van der Waals surface area contributed by atoms with Gasteiger partial charge in [0, 0.05) is 21.8 Å². The molecule has 2 aromatic carbocycles. The van der Waals surface area contributed by atoms with Crippen LogP contribution in [0.15, 0.2) is 52.2 Å². The zero-order valence-electron chi connectivity index (χ0n) is 15.4. The first-order chi connectivity index (χ1) is 13.9. The fraction of sp³-hybridized carbons (Fsp3) is 0.150. The van der Waals surface area contributed by atoms with Gasteiger partial charge in [-0.05, 0) is 48.9 Å². The van der Waals surface area contributed by atoms with E-state index >= 15 is 0 Å². The fourth-order valence-corrected chi connectivity index (χ4v) is 4.16. The molecular weight excluding hydrogens is 433 g/mol. The minimum absolute atomic E-state index is 0.129. The van der Waals surface area contributed by atoms with Crippen LogP contribution in [0.25, 0.3) is 0 Å². The lowest BCUT2D eigenvalue weighted by molar-refractivity contribution is -0.116. The van der Waals surface area contributed by atoms with Gasteiger partial charge in [0.25, 0.3) is 0 Å². The number of amides is 2. The molecule has 150 valence electrons. The average Bonchev–Trinajstić information content (AvgIpc) is 3.12. The molecule has 9 heteroatoms. The van der Waals surface area contributed by atoms with Gasteiger partial charge in [0.05, 0.1) is 17.9 Å². The highest BCUT2D eigenvalue weighted by molar-refractivity contribution is 8.01. The summed E-state index contributed by atoms with van der Waals surface area (Å²) in [4.78, 5) is 28.6. The van der Waals surface area contributed by atoms with Gasteiger partial charge in [0.2, 0.25) is 11.8 Å². The Labute approximate surface area is 180 Å². The molecule has 0 radical (unpaired) electrons. The van der Waals surface area contributed by atoms with Crippen molar-refractivity contribution in [1.29, 1.82) is 0 Å². The number of nitrogens with zero attached hydrogens (tertiary/aromatic N) is 1. The van der Waals surface area contributed by atoms with Crippen LogP contribution >= 0.6 is 34.7 Å². The number of aromatic nitrogens is 1. The summed E-state index contributed by atoms with van der Waals surface area (Å²) in [6, 6.07) is 10.9. The van der Waals surface area contributed by atoms with Gasteiger partial charge in [-0.25, -0.2) is 9.37 Å². The van der Waals surface area contributed by atoms with Crippen molar-refractivity contribution in [3.8, 4) is 0 Å². The molecule has 0 aliphatic heterocycles. The largest absolute Gasteiger partial charge is 0.326 e. The van der Waals surface area contributed by atoms with Crippen LogP contribution in [0.2, 0.25) is 5.02 Å². The summed E-state index contributed by atoms with van der Waals surface area (Å²) >= 11 is 8.72. The molecule has 0 aliphatic carbocycles. The summed E-state index contributed by atoms with van der Waals surface area (Å²) in [6.45, 7) is 1.89. The van der Waals surface area contributed by atoms with Gasteiger partial charge in [-0.3, -0.25) is 9.59 Å². The lowest BCUT2D eigenvalue weighted by Crippen LogP contribution is -2.15. The van der Waals surface area contributed by atoms with Crippen LogP contribution in [-0.2, 0) is 16.0 Å². The van der Waals surface area contributed by atoms with E-state index in [1.165, 1.54) is 47.4 Å². The lowest BCUT2D eigenvalue weighted by Gasteiger charge is -2.06. The number of rotatable bonds is 7. The summed E-state index contributed by atoms with van der Waals surface area (Å²) in [5.41, 5.74) is 2.74. The summed E-state index contributed by atoms with van der Waals surface area (Å²) in [5.74, 6) is -0.603. The predicted molar refractivity (Wildman–Crippen MR) is 116 cm³/mol. The van der Waals surface area contributed by atoms with Gasteiger partial charge >= 0.3 is 0 Å². The number of thiazole rings is 1. The zero-order valence-corrected chi connectivity index (χ0v) is 17.8. The Hall–Kier alpha value is -2.42. The highest BCUT2D eigenvalue weighted by Gasteiger charge is 2.11. The van der Waals surface area contributed by atoms with Crippen molar-refractivity contribution in [2.24, 2.45) is 0 Å². The molecule has 3 aromatic rings. The first-order valence-corrected chi connectivity index (χ1v) is 10.8. The van der Waals surface area contributed by atoms with Gasteiger partial charge in [-0.2, -0.15) is 0 Å². The lowest BCUT2D eigenvalue weighted by atomic mass is 10.2. The Morgan fingerprint density at radius 1 is 1.10 bits per heavy atom. The fourth-order valence-electron chi connectivity index (χ4n) is 2.33. The molecular formula is C20H17ClFN3O2S2. The summed E-state index contributed by atoms with van der Waals surface area (Å²) in [7, 11) is 0. The molecule has 0 unspecified atom stereocenters. The Morgan fingerprint density at radius 2 is 1.79 bits per heavy atom. The maximum atomic E-state index is 12.9. The standard InChI is InChI=1S/C20H17ClFN3O2S2/c1-12-2-5-15(8-17(12)21)24-18(26)9-16-10-28-20(25-16)29-11-19(27)23-14-6-3-13(22)4-7-14/h2-8,10H,9,11H2,1H3,(H,23,27)(H,24,26). The number of nitrogens with one attached hydrogen (secondary N) is 2. The highest BCUT2D eigenvalue weighted by atomic mass is 35.5. The number of benzene rings is 2. The van der Waals surface area contributed by atoms with E-state index in [-0.39, 0.29) is 29.8 Å². The SMILES string of the molecule is Cc1ccc(NC(=O)Cc2csc(SCC(=O)Nc3ccc(F)cc3)n2)cc1Cl. The number of hydrogen-bond donors (Lipinski definition) is 2. The van der Waals surface area contributed by atoms with Crippen molar-refractivity contribution in [3.63, 3.8) is 0 Å². The monoisotopic (exact) mass is 449 g/mol. The van der Waals surface area contributed by atoms with Crippen LogP contribution < -0.4 is 10.6 Å². The average molecular weight is 450 g/mol. The van der Waals surface area contributed by atoms with Gasteiger partial charge in [0.15, 0.2) is 4.34 Å². The second kappa shape index (κ2) is 9.87. The summed E-state index contributed by atoms with van der Waals surface area (Å²) < 4.78 is 13.6. The third-order valence-electron chi connectivity index (χ3n) is 3.78. The van der Waals surface area contributed by atoms with Gasteiger partial charge < -0.3 is 10.6 Å². The molecule has 0 saturated heterocycles. The van der Waals surface area contributed by atoms with Crippen molar-refractivity contribution < 1.29 is 14.0 Å². The molecule has 0 aliphatic rings. The highest BCUT2D eigenvalue weighted by Crippen LogP contribution is 2.24. The smallest absolute Gasteiger partial charge is 0.234 e. The quantitative estimate of drug-likeness (QED) is 0.489. The first kappa shape index (κ1) is 21.3. The molecule has 0 spiro atoms.